The molecule has 220 valence electrons. The third-order valence-corrected chi connectivity index (χ3v) is 7.88. The van der Waals surface area contributed by atoms with E-state index in [0.717, 1.165) is 22.3 Å². The number of hydrogen-bond donors (Lipinski definition) is 0. The molecule has 0 fully saturated rings. The van der Waals surface area contributed by atoms with Crippen LogP contribution < -0.4 is 4.74 Å². The molecule has 1 aliphatic rings. The smallest absolute Gasteiger partial charge is 0.176 e. The van der Waals surface area contributed by atoms with Gasteiger partial charge in [-0.2, -0.15) is 0 Å². The Balaban J connectivity index is 1.51. The zero-order chi connectivity index (χ0) is 30.7. The minimum absolute atomic E-state index is 0.0844. The average Bonchev–Trinajstić information content (AvgIpc) is 3.41. The van der Waals surface area contributed by atoms with Gasteiger partial charge in [-0.1, -0.05) is 60.7 Å². The molecule has 5 rings (SSSR count). The number of Topliss-reactive ketones (excluding diaryl/α,β-unsaturated/α-hetero) is 2. The topological polar surface area (TPSA) is 43.4 Å². The molecular formula is C36H30F4O3. The fourth-order valence-electron chi connectivity index (χ4n) is 5.95. The zero-order valence-corrected chi connectivity index (χ0v) is 23.8. The van der Waals surface area contributed by atoms with E-state index in [1.54, 1.807) is 25.1 Å². The number of benzene rings is 4. The summed E-state index contributed by atoms with van der Waals surface area (Å²) in [5.74, 6) is -5.75. The van der Waals surface area contributed by atoms with Crippen LogP contribution in [0.15, 0.2) is 84.9 Å². The molecule has 2 unspecified atom stereocenters. The molecule has 0 aliphatic heterocycles. The average molecular weight is 587 g/mol. The van der Waals surface area contributed by atoms with Crippen molar-refractivity contribution in [1.82, 2.24) is 0 Å². The molecule has 0 N–H and O–H groups in total. The van der Waals surface area contributed by atoms with Crippen LogP contribution in [0.3, 0.4) is 0 Å². The Bertz CT molecular complexity index is 1690. The largest absolute Gasteiger partial charge is 0.496 e. The maximum Gasteiger partial charge on any atom is 0.176 e. The minimum Gasteiger partial charge on any atom is -0.496 e. The molecule has 2 atom stereocenters. The molecule has 0 heterocycles. The van der Waals surface area contributed by atoms with Crippen LogP contribution in [0, 0.1) is 29.2 Å². The lowest BCUT2D eigenvalue weighted by Gasteiger charge is -2.23. The van der Waals surface area contributed by atoms with Gasteiger partial charge in [0.1, 0.15) is 34.8 Å². The molecule has 0 spiro atoms. The fourth-order valence-corrected chi connectivity index (χ4v) is 5.95. The van der Waals surface area contributed by atoms with Crippen molar-refractivity contribution >= 4 is 17.1 Å². The van der Waals surface area contributed by atoms with Crippen molar-refractivity contribution < 1.29 is 31.9 Å². The Morgan fingerprint density at radius 2 is 1.49 bits per heavy atom. The summed E-state index contributed by atoms with van der Waals surface area (Å²) in [6.45, 7) is 1.55. The molecular weight excluding hydrogens is 556 g/mol. The molecule has 0 aromatic heterocycles. The van der Waals surface area contributed by atoms with E-state index in [2.05, 4.69) is 0 Å². The van der Waals surface area contributed by atoms with E-state index >= 15 is 0 Å². The van der Waals surface area contributed by atoms with Gasteiger partial charge in [0, 0.05) is 30.4 Å². The molecule has 0 saturated carbocycles. The normalized spacial score (nSPS) is 16.2. The van der Waals surface area contributed by atoms with Gasteiger partial charge < -0.3 is 4.74 Å². The Morgan fingerprint density at radius 1 is 0.814 bits per heavy atom. The van der Waals surface area contributed by atoms with E-state index in [1.165, 1.54) is 19.2 Å². The van der Waals surface area contributed by atoms with Crippen molar-refractivity contribution in [2.75, 3.05) is 7.11 Å². The van der Waals surface area contributed by atoms with Gasteiger partial charge in [-0.05, 0) is 71.7 Å². The number of aryl methyl sites for hydroxylation is 2. The Morgan fingerprint density at radius 3 is 2.16 bits per heavy atom. The second-order valence-electron chi connectivity index (χ2n) is 10.9. The highest BCUT2D eigenvalue weighted by atomic mass is 19.1. The summed E-state index contributed by atoms with van der Waals surface area (Å²) in [7, 11) is 1.54. The van der Waals surface area contributed by atoms with Crippen molar-refractivity contribution in [2.45, 2.75) is 38.5 Å². The third-order valence-electron chi connectivity index (χ3n) is 7.88. The standard InChI is InChI=1S/C36H30F4O3/c1-21(41)15-23-6-3-5-22(16-23)9-10-25-7-4-8-29(36(25)43-2)30-17-26(24-11-13-27(37)14-12-24)18-31(30)35(42)34-32(39)19-28(38)20-33(34)40/h3-8,11-14,16,18-20,30-31H,9-10,15,17H2,1-2H3. The first-order valence-electron chi connectivity index (χ1n) is 14.0. The molecule has 0 bridgehead atoms. The predicted octanol–water partition coefficient (Wildman–Crippen LogP) is 8.24. The molecule has 4 aromatic rings. The molecule has 43 heavy (non-hydrogen) atoms. The lowest BCUT2D eigenvalue weighted by Crippen LogP contribution is -2.21. The van der Waals surface area contributed by atoms with Gasteiger partial charge >= 0.3 is 0 Å². The maximum atomic E-state index is 14.8. The van der Waals surface area contributed by atoms with Crippen LogP contribution in [-0.2, 0) is 24.1 Å². The molecule has 0 amide bonds. The summed E-state index contributed by atoms with van der Waals surface area (Å²) in [6.07, 6.45) is 3.63. The molecule has 7 heteroatoms. The lowest BCUT2D eigenvalue weighted by atomic mass is 9.81. The zero-order valence-electron chi connectivity index (χ0n) is 23.8. The quantitative estimate of drug-likeness (QED) is 0.139. The van der Waals surface area contributed by atoms with E-state index in [0.29, 0.717) is 54.7 Å². The first kappa shape index (κ1) is 30.0. The summed E-state index contributed by atoms with van der Waals surface area (Å²) < 4.78 is 62.7. The number of hydrogen-bond acceptors (Lipinski definition) is 3. The summed E-state index contributed by atoms with van der Waals surface area (Å²) >= 11 is 0. The second kappa shape index (κ2) is 12.8. The van der Waals surface area contributed by atoms with Crippen molar-refractivity contribution in [1.29, 1.82) is 0 Å². The van der Waals surface area contributed by atoms with E-state index in [9.17, 15) is 27.2 Å². The van der Waals surface area contributed by atoms with E-state index in [4.69, 9.17) is 4.74 Å². The highest BCUT2D eigenvalue weighted by molar-refractivity contribution is 6.02. The van der Waals surface area contributed by atoms with Crippen molar-refractivity contribution in [3.05, 3.63) is 142 Å². The highest BCUT2D eigenvalue weighted by Gasteiger charge is 2.38. The Hall–Kier alpha value is -4.52. The van der Waals surface area contributed by atoms with Gasteiger partial charge in [-0.25, -0.2) is 17.6 Å². The van der Waals surface area contributed by atoms with Gasteiger partial charge in [0.15, 0.2) is 5.78 Å². The van der Waals surface area contributed by atoms with E-state index < -0.39 is 46.5 Å². The maximum absolute atomic E-state index is 14.8. The molecule has 4 aromatic carbocycles. The van der Waals surface area contributed by atoms with Gasteiger partial charge in [0.05, 0.1) is 12.7 Å². The van der Waals surface area contributed by atoms with E-state index in [-0.39, 0.29) is 5.78 Å². The van der Waals surface area contributed by atoms with E-state index in [1.807, 2.05) is 42.5 Å². The van der Waals surface area contributed by atoms with Crippen LogP contribution >= 0.6 is 0 Å². The number of halogens is 4. The monoisotopic (exact) mass is 586 g/mol. The van der Waals surface area contributed by atoms with Crippen LogP contribution in [0.1, 0.15) is 57.4 Å². The predicted molar refractivity (Wildman–Crippen MR) is 157 cm³/mol. The molecule has 0 saturated heterocycles. The Kier molecular flexibility index (Phi) is 8.90. The molecule has 1 aliphatic carbocycles. The van der Waals surface area contributed by atoms with Gasteiger partial charge in [-0.15, -0.1) is 0 Å². The van der Waals surface area contributed by atoms with Gasteiger partial charge in [-0.3, -0.25) is 9.59 Å². The van der Waals surface area contributed by atoms with Gasteiger partial charge in [0.2, 0.25) is 0 Å². The van der Waals surface area contributed by atoms with Crippen LogP contribution in [0.5, 0.6) is 5.75 Å². The molecule has 0 radical (unpaired) electrons. The number of para-hydroxylation sites is 1. The van der Waals surface area contributed by atoms with Crippen molar-refractivity contribution in [2.24, 2.45) is 5.92 Å². The lowest BCUT2D eigenvalue weighted by molar-refractivity contribution is -0.116. The number of methoxy groups -OCH3 is 1. The van der Waals surface area contributed by atoms with Crippen LogP contribution in [-0.4, -0.2) is 18.7 Å². The molecule has 3 nitrogen and oxygen atoms in total. The highest BCUT2D eigenvalue weighted by Crippen LogP contribution is 2.48. The number of ether oxygens (including phenoxy) is 1. The number of ketones is 2. The SMILES string of the molecule is COc1c(CCc2cccc(CC(C)=O)c2)cccc1C1CC(c2ccc(F)cc2)=CC1C(=O)c1c(F)cc(F)cc1F. The van der Waals surface area contributed by atoms with Crippen LogP contribution in [0.25, 0.3) is 5.57 Å². The van der Waals surface area contributed by atoms with Crippen molar-refractivity contribution in [3.63, 3.8) is 0 Å². The van der Waals surface area contributed by atoms with Crippen molar-refractivity contribution in [3.8, 4) is 5.75 Å². The van der Waals surface area contributed by atoms with Crippen LogP contribution in [0.2, 0.25) is 0 Å². The van der Waals surface area contributed by atoms with Crippen LogP contribution in [0.4, 0.5) is 17.6 Å². The first-order valence-corrected chi connectivity index (χ1v) is 14.0. The third kappa shape index (κ3) is 6.61. The number of carbonyl (C=O) groups excluding carboxylic acids is 2. The Labute approximate surface area is 247 Å². The minimum atomic E-state index is -1.27. The first-order chi connectivity index (χ1) is 20.6. The summed E-state index contributed by atoms with van der Waals surface area (Å²) in [6, 6.07) is 20.3. The van der Waals surface area contributed by atoms with Gasteiger partial charge in [0.25, 0.3) is 0 Å². The summed E-state index contributed by atoms with van der Waals surface area (Å²) in [5, 5.41) is 0. The second-order valence-corrected chi connectivity index (χ2v) is 10.9. The number of rotatable bonds is 10. The number of carbonyl (C=O) groups is 2. The number of allylic oxidation sites excluding steroid dienone is 2. The summed E-state index contributed by atoms with van der Waals surface area (Å²) in [5.41, 5.74) is 4.19. The summed E-state index contributed by atoms with van der Waals surface area (Å²) in [4.78, 5) is 25.3. The fraction of sp³-hybridized carbons (Fsp3) is 0.222.